The highest BCUT2D eigenvalue weighted by molar-refractivity contribution is 8.00. The van der Waals surface area contributed by atoms with Gasteiger partial charge in [0.1, 0.15) is 6.33 Å². The van der Waals surface area contributed by atoms with Gasteiger partial charge in [-0.2, -0.15) is 0 Å². The summed E-state index contributed by atoms with van der Waals surface area (Å²) in [7, 11) is 0. The number of nitrogens with zero attached hydrogens (tertiary/aromatic N) is 4. The Hall–Kier alpha value is -1.86. The molecule has 1 saturated heterocycles. The molecule has 6 nitrogen and oxygen atoms in total. The number of morpholine rings is 1. The van der Waals surface area contributed by atoms with E-state index in [1.54, 1.807) is 6.33 Å². The Balaban J connectivity index is 1.75. The maximum Gasteiger partial charge on any atom is 0.236 e. The molecule has 2 heterocycles. The topological polar surface area (TPSA) is 60.2 Å². The fraction of sp³-hybridized carbons (Fsp3) is 0.438. The molecule has 3 rings (SSSR count). The number of ether oxygens (including phenoxy) is 1. The van der Waals surface area contributed by atoms with E-state index in [0.717, 1.165) is 16.4 Å². The lowest BCUT2D eigenvalue weighted by Crippen LogP contribution is -2.44. The van der Waals surface area contributed by atoms with Crippen LogP contribution in [-0.2, 0) is 9.53 Å². The maximum atomic E-state index is 12.5. The summed E-state index contributed by atoms with van der Waals surface area (Å²) in [6, 6.07) is 8.06. The van der Waals surface area contributed by atoms with Crippen molar-refractivity contribution in [3.05, 3.63) is 36.2 Å². The number of carbonyl (C=O) groups is 1. The van der Waals surface area contributed by atoms with E-state index in [1.165, 1.54) is 11.8 Å². The molecule has 1 aliphatic heterocycles. The van der Waals surface area contributed by atoms with Crippen LogP contribution in [0, 0.1) is 6.92 Å². The van der Waals surface area contributed by atoms with Crippen molar-refractivity contribution in [2.24, 2.45) is 0 Å². The van der Waals surface area contributed by atoms with Crippen LogP contribution in [0.4, 0.5) is 0 Å². The fourth-order valence-corrected chi connectivity index (χ4v) is 3.47. The Kier molecular flexibility index (Phi) is 4.97. The van der Waals surface area contributed by atoms with E-state index in [0.29, 0.717) is 26.3 Å². The van der Waals surface area contributed by atoms with Crippen molar-refractivity contribution in [1.82, 2.24) is 19.7 Å². The molecule has 1 atom stereocenters. The summed E-state index contributed by atoms with van der Waals surface area (Å²) in [4.78, 5) is 14.4. The number of aromatic nitrogens is 3. The number of aryl methyl sites for hydroxylation is 1. The first-order chi connectivity index (χ1) is 11.2. The summed E-state index contributed by atoms with van der Waals surface area (Å²) in [5.74, 6) is 0.123. The van der Waals surface area contributed by atoms with E-state index < -0.39 is 0 Å². The largest absolute Gasteiger partial charge is 0.378 e. The van der Waals surface area contributed by atoms with Gasteiger partial charge in [0.15, 0.2) is 5.16 Å². The Morgan fingerprint density at radius 1 is 1.30 bits per heavy atom. The number of hydrogen-bond donors (Lipinski definition) is 0. The minimum absolute atomic E-state index is 0.123. The van der Waals surface area contributed by atoms with E-state index >= 15 is 0 Å². The molecular formula is C16H20N4O2S. The molecule has 1 aliphatic rings. The SMILES string of the molecule is Cc1ccccc1-n1cnnc1SC(C)C(=O)N1CCOCC1. The van der Waals surface area contributed by atoms with Gasteiger partial charge in [-0.1, -0.05) is 30.0 Å². The Morgan fingerprint density at radius 2 is 2.04 bits per heavy atom. The van der Waals surface area contributed by atoms with E-state index in [9.17, 15) is 4.79 Å². The van der Waals surface area contributed by atoms with E-state index in [1.807, 2.05) is 47.6 Å². The Labute approximate surface area is 139 Å². The zero-order chi connectivity index (χ0) is 16.2. The van der Waals surface area contributed by atoms with Crippen LogP contribution in [0.15, 0.2) is 35.7 Å². The molecule has 0 radical (unpaired) electrons. The highest BCUT2D eigenvalue weighted by Crippen LogP contribution is 2.26. The quantitative estimate of drug-likeness (QED) is 0.801. The molecule has 1 aromatic heterocycles. The van der Waals surface area contributed by atoms with Crippen LogP contribution in [0.2, 0.25) is 0 Å². The van der Waals surface area contributed by atoms with Crippen molar-refractivity contribution in [3.8, 4) is 5.69 Å². The molecule has 1 amide bonds. The third-order valence-corrected chi connectivity index (χ3v) is 4.89. The van der Waals surface area contributed by atoms with E-state index in [-0.39, 0.29) is 11.2 Å². The van der Waals surface area contributed by atoms with Crippen molar-refractivity contribution in [3.63, 3.8) is 0 Å². The van der Waals surface area contributed by atoms with Crippen molar-refractivity contribution >= 4 is 17.7 Å². The molecule has 122 valence electrons. The highest BCUT2D eigenvalue weighted by Gasteiger charge is 2.25. The number of benzene rings is 1. The van der Waals surface area contributed by atoms with Gasteiger partial charge >= 0.3 is 0 Å². The summed E-state index contributed by atoms with van der Waals surface area (Å²) in [6.07, 6.45) is 1.69. The summed E-state index contributed by atoms with van der Waals surface area (Å²) in [5.41, 5.74) is 2.17. The smallest absolute Gasteiger partial charge is 0.236 e. The molecule has 0 bridgehead atoms. The van der Waals surface area contributed by atoms with Crippen LogP contribution < -0.4 is 0 Å². The van der Waals surface area contributed by atoms with Crippen molar-refractivity contribution in [2.45, 2.75) is 24.3 Å². The minimum atomic E-state index is -0.208. The lowest BCUT2D eigenvalue weighted by atomic mass is 10.2. The van der Waals surface area contributed by atoms with Gasteiger partial charge in [0, 0.05) is 13.1 Å². The predicted octanol–water partition coefficient (Wildman–Crippen LogP) is 1.92. The molecule has 7 heteroatoms. The molecule has 23 heavy (non-hydrogen) atoms. The van der Waals surface area contributed by atoms with Gasteiger partial charge in [0.25, 0.3) is 0 Å². The van der Waals surface area contributed by atoms with Gasteiger partial charge in [-0.05, 0) is 25.5 Å². The Morgan fingerprint density at radius 3 is 2.78 bits per heavy atom. The van der Waals surface area contributed by atoms with Crippen LogP contribution in [0.3, 0.4) is 0 Å². The number of carbonyl (C=O) groups excluding carboxylic acids is 1. The second-order valence-electron chi connectivity index (χ2n) is 5.47. The first kappa shape index (κ1) is 16.0. The summed E-state index contributed by atoms with van der Waals surface area (Å²) in [5, 5.41) is 8.72. The zero-order valence-corrected chi connectivity index (χ0v) is 14.1. The highest BCUT2D eigenvalue weighted by atomic mass is 32.2. The third kappa shape index (κ3) is 3.56. The summed E-state index contributed by atoms with van der Waals surface area (Å²) in [6.45, 7) is 6.51. The molecule has 2 aromatic rings. The summed E-state index contributed by atoms with van der Waals surface area (Å²) < 4.78 is 7.23. The second-order valence-corrected chi connectivity index (χ2v) is 6.78. The van der Waals surface area contributed by atoms with Gasteiger partial charge in [0.2, 0.25) is 5.91 Å². The number of hydrogen-bond acceptors (Lipinski definition) is 5. The summed E-state index contributed by atoms with van der Waals surface area (Å²) >= 11 is 1.44. The number of rotatable bonds is 4. The normalized spacial score (nSPS) is 16.3. The molecule has 0 saturated carbocycles. The zero-order valence-electron chi connectivity index (χ0n) is 13.3. The van der Waals surface area contributed by atoms with Gasteiger partial charge in [-0.25, -0.2) is 0 Å². The first-order valence-electron chi connectivity index (χ1n) is 7.66. The number of amides is 1. The minimum Gasteiger partial charge on any atom is -0.378 e. The molecule has 1 fully saturated rings. The molecule has 0 aliphatic carbocycles. The van der Waals surface area contributed by atoms with Gasteiger partial charge in [-0.15, -0.1) is 10.2 Å². The van der Waals surface area contributed by atoms with Crippen molar-refractivity contribution < 1.29 is 9.53 Å². The number of para-hydroxylation sites is 1. The average Bonchev–Trinajstić information content (AvgIpc) is 3.03. The molecule has 0 spiro atoms. The lowest BCUT2D eigenvalue weighted by molar-refractivity contribution is -0.134. The van der Waals surface area contributed by atoms with Crippen LogP contribution in [0.25, 0.3) is 5.69 Å². The van der Waals surface area contributed by atoms with Gasteiger partial charge in [0.05, 0.1) is 24.2 Å². The van der Waals surface area contributed by atoms with Crippen LogP contribution in [0.5, 0.6) is 0 Å². The van der Waals surface area contributed by atoms with Crippen molar-refractivity contribution in [1.29, 1.82) is 0 Å². The lowest BCUT2D eigenvalue weighted by Gasteiger charge is -2.28. The number of thioether (sulfide) groups is 1. The first-order valence-corrected chi connectivity index (χ1v) is 8.54. The monoisotopic (exact) mass is 332 g/mol. The standard InChI is InChI=1S/C16H20N4O2S/c1-12-5-3-4-6-14(12)20-11-17-18-16(20)23-13(2)15(21)19-7-9-22-10-8-19/h3-6,11,13H,7-10H2,1-2H3. The van der Waals surface area contributed by atoms with Gasteiger partial charge < -0.3 is 9.64 Å². The van der Waals surface area contributed by atoms with Crippen LogP contribution in [-0.4, -0.2) is 57.1 Å². The fourth-order valence-electron chi connectivity index (χ4n) is 2.55. The third-order valence-electron chi connectivity index (χ3n) is 3.84. The second kappa shape index (κ2) is 7.14. The average molecular weight is 332 g/mol. The van der Waals surface area contributed by atoms with Crippen LogP contribution in [0.1, 0.15) is 12.5 Å². The van der Waals surface area contributed by atoms with E-state index in [2.05, 4.69) is 10.2 Å². The maximum absolute atomic E-state index is 12.5. The van der Waals surface area contributed by atoms with Crippen molar-refractivity contribution in [2.75, 3.05) is 26.3 Å². The van der Waals surface area contributed by atoms with E-state index in [4.69, 9.17) is 4.74 Å². The van der Waals surface area contributed by atoms with Gasteiger partial charge in [-0.3, -0.25) is 9.36 Å². The Bertz CT molecular complexity index is 682. The van der Waals surface area contributed by atoms with Crippen LogP contribution >= 0.6 is 11.8 Å². The predicted molar refractivity (Wildman–Crippen MR) is 88.8 cm³/mol. The molecule has 1 unspecified atom stereocenters. The molecule has 0 N–H and O–H groups in total. The molecule has 1 aromatic carbocycles. The molecular weight excluding hydrogens is 312 g/mol.